The summed E-state index contributed by atoms with van der Waals surface area (Å²) in [6, 6.07) is 16.7. The molecule has 116 valence electrons. The lowest BCUT2D eigenvalue weighted by atomic mass is 10.2. The predicted octanol–water partition coefficient (Wildman–Crippen LogP) is 4.65. The van der Waals surface area contributed by atoms with Gasteiger partial charge in [-0.3, -0.25) is 0 Å². The number of benzene rings is 2. The van der Waals surface area contributed by atoms with Crippen LogP contribution >= 0.6 is 35.3 Å². The second-order valence-electron chi connectivity index (χ2n) is 4.67. The quantitative estimate of drug-likeness (QED) is 0.530. The number of hydrogen-bond donors (Lipinski definition) is 1. The first-order chi connectivity index (χ1) is 11.1. The summed E-state index contributed by atoms with van der Waals surface area (Å²) in [5.41, 5.74) is 2.24. The number of rotatable bonds is 5. The molecule has 0 saturated carbocycles. The van der Waals surface area contributed by atoms with Gasteiger partial charge >= 0.3 is 5.97 Å². The summed E-state index contributed by atoms with van der Waals surface area (Å²) in [5, 5.41) is 13.5. The Labute approximate surface area is 146 Å². The smallest absolute Gasteiger partial charge is 0.335 e. The fourth-order valence-electron chi connectivity index (χ4n) is 1.95. The van der Waals surface area contributed by atoms with Crippen molar-refractivity contribution in [3.63, 3.8) is 0 Å². The zero-order chi connectivity index (χ0) is 16.2. The van der Waals surface area contributed by atoms with Crippen LogP contribution in [0.2, 0.25) is 0 Å². The van der Waals surface area contributed by atoms with Gasteiger partial charge in [0.2, 0.25) is 0 Å². The Kier molecular flexibility index (Phi) is 4.90. The van der Waals surface area contributed by atoms with Crippen LogP contribution < -0.4 is 0 Å². The fourth-order valence-corrected chi connectivity index (χ4v) is 4.26. The minimum atomic E-state index is -0.947. The Balaban J connectivity index is 1.78. The van der Waals surface area contributed by atoms with Crippen molar-refractivity contribution in [2.24, 2.45) is 0 Å². The summed E-state index contributed by atoms with van der Waals surface area (Å²) < 4.78 is 3.20. The molecule has 0 spiro atoms. The number of nitrogens with zero attached hydrogens (tertiary/aromatic N) is 2. The second kappa shape index (κ2) is 7.08. The molecule has 3 aromatic rings. The van der Waals surface area contributed by atoms with Crippen LogP contribution in [-0.4, -0.2) is 20.9 Å². The van der Waals surface area contributed by atoms with E-state index in [-0.39, 0.29) is 5.56 Å². The number of aromatic nitrogens is 2. The summed E-state index contributed by atoms with van der Waals surface area (Å²) in [4.78, 5) is 10.9. The highest BCUT2D eigenvalue weighted by molar-refractivity contribution is 8.00. The van der Waals surface area contributed by atoms with E-state index >= 15 is 0 Å². The van der Waals surface area contributed by atoms with E-state index in [4.69, 9.17) is 17.3 Å². The van der Waals surface area contributed by atoms with E-state index in [2.05, 4.69) is 17.2 Å². The number of carboxylic acid groups (broad SMARTS) is 1. The maximum Gasteiger partial charge on any atom is 0.335 e. The van der Waals surface area contributed by atoms with Crippen LogP contribution in [-0.2, 0) is 5.75 Å². The highest BCUT2D eigenvalue weighted by Gasteiger charge is 2.08. The molecule has 0 unspecified atom stereocenters. The molecule has 1 N–H and O–H groups in total. The molecule has 0 bridgehead atoms. The fraction of sp³-hybridized carbons (Fsp3) is 0.0625. The van der Waals surface area contributed by atoms with Crippen LogP contribution in [0.5, 0.6) is 0 Å². The first-order valence-electron chi connectivity index (χ1n) is 6.74. The molecule has 0 aliphatic carbocycles. The molecule has 0 radical (unpaired) electrons. The van der Waals surface area contributed by atoms with Crippen molar-refractivity contribution < 1.29 is 9.90 Å². The number of carboxylic acids is 1. The van der Waals surface area contributed by atoms with Crippen LogP contribution in [0.4, 0.5) is 0 Å². The summed E-state index contributed by atoms with van der Waals surface area (Å²) in [5.74, 6) is -0.112. The van der Waals surface area contributed by atoms with Crippen molar-refractivity contribution in [2.45, 2.75) is 10.1 Å². The minimum absolute atomic E-state index is 0.245. The Morgan fingerprint density at radius 3 is 2.52 bits per heavy atom. The van der Waals surface area contributed by atoms with Crippen LogP contribution in [0.15, 0.2) is 58.9 Å². The maximum atomic E-state index is 10.9. The molecule has 1 aromatic heterocycles. The molecule has 0 fully saturated rings. The lowest BCUT2D eigenvalue weighted by Gasteiger charge is -2.01. The van der Waals surface area contributed by atoms with Gasteiger partial charge < -0.3 is 5.11 Å². The van der Waals surface area contributed by atoms with Gasteiger partial charge in [-0.2, -0.15) is 0 Å². The molecule has 0 aliphatic heterocycles. The van der Waals surface area contributed by atoms with Crippen molar-refractivity contribution in [2.75, 3.05) is 0 Å². The Hall–Kier alpha value is -1.96. The first-order valence-corrected chi connectivity index (χ1v) is 8.95. The molecular formula is C16H12N2O2S3. The van der Waals surface area contributed by atoms with Gasteiger partial charge in [-0.1, -0.05) is 53.4 Å². The lowest BCUT2D eigenvalue weighted by molar-refractivity contribution is 0.0697. The van der Waals surface area contributed by atoms with Crippen molar-refractivity contribution in [3.05, 3.63) is 69.7 Å². The van der Waals surface area contributed by atoms with Gasteiger partial charge in [0.1, 0.15) is 0 Å². The molecule has 0 saturated heterocycles. The Morgan fingerprint density at radius 2 is 1.87 bits per heavy atom. The van der Waals surface area contributed by atoms with Gasteiger partial charge in [-0.15, -0.1) is 5.10 Å². The Bertz CT molecular complexity index is 870. The first kappa shape index (κ1) is 15.9. The molecule has 2 aromatic carbocycles. The van der Waals surface area contributed by atoms with E-state index in [9.17, 15) is 4.79 Å². The summed E-state index contributed by atoms with van der Waals surface area (Å²) >= 11 is 8.45. The standard InChI is InChI=1S/C16H12N2O2S3/c19-14(20)12-6-8-13(9-7-12)18-16(21)23-15(17-18)22-10-11-4-2-1-3-5-11/h1-9H,10H2,(H,19,20). The van der Waals surface area contributed by atoms with Crippen molar-refractivity contribution in [1.29, 1.82) is 0 Å². The Morgan fingerprint density at radius 1 is 1.17 bits per heavy atom. The predicted molar refractivity (Wildman–Crippen MR) is 95.2 cm³/mol. The number of thioether (sulfide) groups is 1. The normalized spacial score (nSPS) is 10.6. The summed E-state index contributed by atoms with van der Waals surface area (Å²) in [7, 11) is 0. The summed E-state index contributed by atoms with van der Waals surface area (Å²) in [6.45, 7) is 0. The lowest BCUT2D eigenvalue weighted by Crippen LogP contribution is -1.99. The average Bonchev–Trinajstić information content (AvgIpc) is 2.95. The SMILES string of the molecule is O=C(O)c1ccc(-n2nc(SCc3ccccc3)sc2=S)cc1. The highest BCUT2D eigenvalue weighted by Crippen LogP contribution is 2.27. The molecular weight excluding hydrogens is 348 g/mol. The zero-order valence-electron chi connectivity index (χ0n) is 11.9. The van der Waals surface area contributed by atoms with Gasteiger partial charge in [0.05, 0.1) is 11.3 Å². The molecule has 4 nitrogen and oxygen atoms in total. The van der Waals surface area contributed by atoms with Crippen molar-refractivity contribution in [1.82, 2.24) is 9.78 Å². The zero-order valence-corrected chi connectivity index (χ0v) is 14.3. The molecule has 0 aliphatic rings. The number of aromatic carboxylic acids is 1. The largest absolute Gasteiger partial charge is 0.478 e. The minimum Gasteiger partial charge on any atom is -0.478 e. The molecule has 3 rings (SSSR count). The van der Waals surface area contributed by atoms with Crippen LogP contribution in [0, 0.1) is 3.95 Å². The van der Waals surface area contributed by atoms with E-state index in [0.29, 0.717) is 3.95 Å². The van der Waals surface area contributed by atoms with E-state index < -0.39 is 5.97 Å². The van der Waals surface area contributed by atoms with Gasteiger partial charge in [0.25, 0.3) is 0 Å². The molecule has 1 heterocycles. The monoisotopic (exact) mass is 360 g/mol. The molecule has 7 heteroatoms. The number of hydrogen-bond acceptors (Lipinski definition) is 5. The van der Waals surface area contributed by atoms with Crippen LogP contribution in [0.25, 0.3) is 5.69 Å². The molecule has 0 amide bonds. The van der Waals surface area contributed by atoms with Gasteiger partial charge in [0.15, 0.2) is 8.29 Å². The topological polar surface area (TPSA) is 55.1 Å². The second-order valence-corrected chi connectivity index (χ2v) is 7.52. The van der Waals surface area contributed by atoms with Gasteiger partial charge in [0, 0.05) is 5.75 Å². The van der Waals surface area contributed by atoms with Gasteiger partial charge in [-0.25, -0.2) is 9.48 Å². The number of carbonyl (C=O) groups is 1. The molecule has 0 atom stereocenters. The molecule has 23 heavy (non-hydrogen) atoms. The van der Waals surface area contributed by atoms with E-state index in [1.807, 2.05) is 18.2 Å². The third-order valence-electron chi connectivity index (χ3n) is 3.09. The maximum absolute atomic E-state index is 10.9. The van der Waals surface area contributed by atoms with Crippen molar-refractivity contribution in [3.8, 4) is 5.69 Å². The third kappa shape index (κ3) is 3.87. The van der Waals surface area contributed by atoms with E-state index in [0.717, 1.165) is 15.8 Å². The third-order valence-corrected chi connectivity index (χ3v) is 5.53. The summed E-state index contributed by atoms with van der Waals surface area (Å²) in [6.07, 6.45) is 0. The van der Waals surface area contributed by atoms with Crippen LogP contribution in [0.3, 0.4) is 0 Å². The van der Waals surface area contributed by atoms with Crippen LogP contribution in [0.1, 0.15) is 15.9 Å². The van der Waals surface area contributed by atoms with Crippen molar-refractivity contribution >= 4 is 41.3 Å². The highest BCUT2D eigenvalue weighted by atomic mass is 32.2. The van der Waals surface area contributed by atoms with E-state index in [1.165, 1.54) is 16.9 Å². The van der Waals surface area contributed by atoms with E-state index in [1.54, 1.807) is 40.7 Å². The van der Waals surface area contributed by atoms with Gasteiger partial charge in [-0.05, 0) is 42.0 Å². The average molecular weight is 360 g/mol.